The summed E-state index contributed by atoms with van der Waals surface area (Å²) in [6.45, 7) is 4.14. The molecule has 0 spiro atoms. The third kappa shape index (κ3) is 5.47. The Morgan fingerprint density at radius 3 is 2.59 bits per heavy atom. The Balaban J connectivity index is 1.39. The number of nitrogens with one attached hydrogen (secondary N) is 3. The molecule has 7 nitrogen and oxygen atoms in total. The van der Waals surface area contributed by atoms with Crippen molar-refractivity contribution in [1.29, 1.82) is 0 Å². The van der Waals surface area contributed by atoms with Crippen molar-refractivity contribution in [3.63, 3.8) is 0 Å². The molecule has 0 aliphatic rings. The summed E-state index contributed by atoms with van der Waals surface area (Å²) in [5, 5.41) is 26.4. The number of fused-ring (bicyclic) bond motifs is 1. The van der Waals surface area contributed by atoms with E-state index in [9.17, 15) is 14.7 Å². The van der Waals surface area contributed by atoms with Crippen LogP contribution in [0.5, 0.6) is 0 Å². The number of aromatic nitrogens is 2. The van der Waals surface area contributed by atoms with Crippen molar-refractivity contribution in [3.05, 3.63) is 75.1 Å². The molecule has 4 rings (SSSR count). The quantitative estimate of drug-likeness (QED) is 0.277. The summed E-state index contributed by atoms with van der Waals surface area (Å²) < 4.78 is 0. The number of carbonyl (C=O) groups excluding carboxylic acids is 2. The minimum absolute atomic E-state index is 0.0228. The number of halogens is 1. The maximum absolute atomic E-state index is 12.6. The van der Waals surface area contributed by atoms with Crippen LogP contribution in [0.15, 0.2) is 53.9 Å². The molecule has 2 heterocycles. The molecule has 0 aliphatic carbocycles. The first kappa shape index (κ1) is 23.9. The monoisotopic (exact) mass is 496 g/mol. The summed E-state index contributed by atoms with van der Waals surface area (Å²) in [5.74, 6) is -0.403. The summed E-state index contributed by atoms with van der Waals surface area (Å²) in [7, 11) is 0. The first-order chi connectivity index (χ1) is 16.3. The van der Waals surface area contributed by atoms with Gasteiger partial charge in [0.05, 0.1) is 16.5 Å². The van der Waals surface area contributed by atoms with Crippen LogP contribution >= 0.6 is 22.9 Å². The molecule has 9 heteroatoms. The number of benzene rings is 2. The van der Waals surface area contributed by atoms with Crippen LogP contribution < -0.4 is 10.6 Å². The molecule has 176 valence electrons. The van der Waals surface area contributed by atoms with Crippen molar-refractivity contribution in [2.45, 2.75) is 32.4 Å². The second-order valence-electron chi connectivity index (χ2n) is 8.27. The zero-order valence-corrected chi connectivity index (χ0v) is 20.3. The van der Waals surface area contributed by atoms with Crippen LogP contribution in [0.25, 0.3) is 22.0 Å². The molecule has 4 aromatic rings. The van der Waals surface area contributed by atoms with E-state index in [2.05, 4.69) is 20.8 Å². The number of H-pyrrole nitrogens is 1. The number of rotatable bonds is 8. The lowest BCUT2D eigenvalue weighted by atomic mass is 10.1. The largest absolute Gasteiger partial charge is 0.388 e. The fourth-order valence-electron chi connectivity index (χ4n) is 3.57. The molecular weight excluding hydrogens is 472 g/mol. The fraction of sp³-hybridized carbons (Fsp3) is 0.240. The van der Waals surface area contributed by atoms with Gasteiger partial charge in [0.2, 0.25) is 0 Å². The van der Waals surface area contributed by atoms with E-state index in [0.29, 0.717) is 28.6 Å². The first-order valence-corrected chi connectivity index (χ1v) is 12.2. The first-order valence-electron chi connectivity index (χ1n) is 10.9. The second-order valence-corrected chi connectivity index (χ2v) is 9.62. The van der Waals surface area contributed by atoms with Gasteiger partial charge in [-0.05, 0) is 72.7 Å². The Labute approximate surface area is 206 Å². The highest BCUT2D eigenvalue weighted by molar-refractivity contribution is 7.12. The number of nitrogens with zero attached hydrogens (tertiary/aromatic N) is 1. The number of hydrogen-bond acceptors (Lipinski definition) is 5. The van der Waals surface area contributed by atoms with Gasteiger partial charge in [-0.2, -0.15) is 5.10 Å². The van der Waals surface area contributed by atoms with Gasteiger partial charge in [-0.1, -0.05) is 29.8 Å². The molecule has 4 N–H and O–H groups in total. The van der Waals surface area contributed by atoms with Crippen LogP contribution in [0, 0.1) is 0 Å². The second kappa shape index (κ2) is 10.4. The summed E-state index contributed by atoms with van der Waals surface area (Å²) in [6, 6.07) is 14.6. The number of aliphatic hydroxyl groups is 1. The van der Waals surface area contributed by atoms with Crippen molar-refractivity contribution in [1.82, 2.24) is 20.8 Å². The zero-order chi connectivity index (χ0) is 24.2. The molecular formula is C25H25ClN4O3S. The molecule has 0 radical (unpaired) electrons. The van der Waals surface area contributed by atoms with Crippen molar-refractivity contribution in [2.75, 3.05) is 6.54 Å². The van der Waals surface area contributed by atoms with Gasteiger partial charge in [-0.3, -0.25) is 14.7 Å². The molecule has 2 aromatic carbocycles. The van der Waals surface area contributed by atoms with Crippen LogP contribution in [-0.4, -0.2) is 39.7 Å². The highest BCUT2D eigenvalue weighted by Crippen LogP contribution is 2.29. The highest BCUT2D eigenvalue weighted by Gasteiger charge is 2.16. The molecule has 0 fully saturated rings. The summed E-state index contributed by atoms with van der Waals surface area (Å²) in [4.78, 5) is 25.5. The van der Waals surface area contributed by atoms with E-state index in [1.807, 2.05) is 43.5 Å². The van der Waals surface area contributed by atoms with E-state index in [1.54, 1.807) is 24.3 Å². The molecule has 0 saturated heterocycles. The van der Waals surface area contributed by atoms with E-state index in [4.69, 9.17) is 11.6 Å². The molecule has 1 unspecified atom stereocenters. The van der Waals surface area contributed by atoms with E-state index in [0.717, 1.165) is 27.6 Å². The SMILES string of the molecule is CC(C)NC(=O)c1n[nH]c2cc(-c3csc(C(=O)NCCC(O)c4ccc(Cl)cc4)c3)ccc12. The molecule has 2 aromatic heterocycles. The van der Waals surface area contributed by atoms with Crippen LogP contribution in [0.4, 0.5) is 0 Å². The van der Waals surface area contributed by atoms with Gasteiger partial charge in [0.25, 0.3) is 11.8 Å². The number of carbonyl (C=O) groups is 2. The minimum atomic E-state index is -0.676. The van der Waals surface area contributed by atoms with Crippen LogP contribution in [0.2, 0.25) is 5.02 Å². The molecule has 1 atom stereocenters. The van der Waals surface area contributed by atoms with E-state index in [1.165, 1.54) is 11.3 Å². The Morgan fingerprint density at radius 2 is 1.85 bits per heavy atom. The van der Waals surface area contributed by atoms with E-state index >= 15 is 0 Å². The van der Waals surface area contributed by atoms with Gasteiger partial charge < -0.3 is 15.7 Å². The predicted molar refractivity (Wildman–Crippen MR) is 135 cm³/mol. The number of aliphatic hydroxyl groups excluding tert-OH is 1. The molecule has 0 saturated carbocycles. The average molecular weight is 497 g/mol. The van der Waals surface area contributed by atoms with Crippen LogP contribution in [0.1, 0.15) is 52.1 Å². The lowest BCUT2D eigenvalue weighted by Gasteiger charge is -2.11. The summed E-state index contributed by atoms with van der Waals surface area (Å²) in [5.41, 5.74) is 3.69. The Hall–Kier alpha value is -3.20. The van der Waals surface area contributed by atoms with Gasteiger partial charge in [0.15, 0.2) is 5.69 Å². The lowest BCUT2D eigenvalue weighted by Crippen LogP contribution is -2.30. The Bertz CT molecular complexity index is 1310. The van der Waals surface area contributed by atoms with E-state index < -0.39 is 6.10 Å². The van der Waals surface area contributed by atoms with Crippen molar-refractivity contribution in [3.8, 4) is 11.1 Å². The lowest BCUT2D eigenvalue weighted by molar-refractivity contribution is 0.0933. The fourth-order valence-corrected chi connectivity index (χ4v) is 4.53. The maximum atomic E-state index is 12.6. The maximum Gasteiger partial charge on any atom is 0.272 e. The minimum Gasteiger partial charge on any atom is -0.388 e. The van der Waals surface area contributed by atoms with Gasteiger partial charge in [-0.25, -0.2) is 0 Å². The molecule has 34 heavy (non-hydrogen) atoms. The summed E-state index contributed by atoms with van der Waals surface area (Å²) >= 11 is 7.23. The number of hydrogen-bond donors (Lipinski definition) is 4. The van der Waals surface area contributed by atoms with E-state index in [-0.39, 0.29) is 17.9 Å². The standard InChI is InChI=1S/C25H25ClN4O3S/c1-14(2)28-25(33)23-19-8-5-16(11-20(19)29-30-23)17-12-22(34-13-17)24(32)27-10-9-21(31)15-3-6-18(26)7-4-15/h3-8,11-14,21,31H,9-10H2,1-2H3,(H,27,32)(H,28,33)(H,29,30). The van der Waals surface area contributed by atoms with Gasteiger partial charge in [0.1, 0.15) is 0 Å². The van der Waals surface area contributed by atoms with Crippen molar-refractivity contribution >= 4 is 45.7 Å². The predicted octanol–water partition coefficient (Wildman–Crippen LogP) is 4.94. The van der Waals surface area contributed by atoms with Crippen LogP contribution in [-0.2, 0) is 0 Å². The number of thiophene rings is 1. The highest BCUT2D eigenvalue weighted by atomic mass is 35.5. The van der Waals surface area contributed by atoms with Crippen molar-refractivity contribution in [2.24, 2.45) is 0 Å². The number of aromatic amines is 1. The van der Waals surface area contributed by atoms with Crippen LogP contribution in [0.3, 0.4) is 0 Å². The van der Waals surface area contributed by atoms with Gasteiger partial charge in [0, 0.05) is 23.0 Å². The smallest absolute Gasteiger partial charge is 0.272 e. The Morgan fingerprint density at radius 1 is 1.09 bits per heavy atom. The molecule has 0 bridgehead atoms. The number of amides is 2. The molecule has 0 aliphatic heterocycles. The van der Waals surface area contributed by atoms with Gasteiger partial charge >= 0.3 is 0 Å². The zero-order valence-electron chi connectivity index (χ0n) is 18.8. The third-order valence-electron chi connectivity index (χ3n) is 5.31. The topological polar surface area (TPSA) is 107 Å². The average Bonchev–Trinajstić information content (AvgIpc) is 3.46. The third-order valence-corrected chi connectivity index (χ3v) is 6.49. The van der Waals surface area contributed by atoms with Crippen molar-refractivity contribution < 1.29 is 14.7 Å². The Kier molecular flexibility index (Phi) is 7.31. The van der Waals surface area contributed by atoms with Gasteiger partial charge in [-0.15, -0.1) is 11.3 Å². The summed E-state index contributed by atoms with van der Waals surface area (Å²) in [6.07, 6.45) is -0.278. The normalized spacial score (nSPS) is 12.1. The molecule has 2 amide bonds.